The molecule has 0 radical (unpaired) electrons. The van der Waals surface area contributed by atoms with Gasteiger partial charge in [0.05, 0.1) is 0 Å². The van der Waals surface area contributed by atoms with E-state index in [1.165, 1.54) is 6.42 Å². The van der Waals surface area contributed by atoms with Crippen LogP contribution >= 0.6 is 11.3 Å². The Morgan fingerprint density at radius 3 is 1.38 bits per heavy atom. The van der Waals surface area contributed by atoms with Crippen LogP contribution in [0.2, 0.25) is 0 Å². The molecule has 0 unspecified atom stereocenters. The van der Waals surface area contributed by atoms with E-state index in [9.17, 15) is 0 Å². The van der Waals surface area contributed by atoms with Crippen LogP contribution in [0.5, 0.6) is 0 Å². The lowest BCUT2D eigenvalue weighted by Gasteiger charge is -2.12. The molecule has 0 amide bonds. The lowest BCUT2D eigenvalue weighted by molar-refractivity contribution is 0.398. The second-order valence-corrected chi connectivity index (χ2v) is 4.52. The van der Waals surface area contributed by atoms with Crippen molar-refractivity contribution in [3.8, 4) is 0 Å². The molecule has 0 saturated carbocycles. The average Bonchev–Trinajstić information content (AvgIpc) is 2.64. The van der Waals surface area contributed by atoms with Crippen LogP contribution in [0.15, 0.2) is 22.9 Å². The van der Waals surface area contributed by atoms with Crippen LogP contribution in [0.25, 0.3) is 0 Å². The lowest BCUT2D eigenvalue weighted by atomic mass is 9.94. The molecule has 0 spiro atoms. The van der Waals surface area contributed by atoms with Crippen LogP contribution in [0.1, 0.15) is 48.0 Å². The summed E-state index contributed by atoms with van der Waals surface area (Å²) < 4.78 is 0. The first-order chi connectivity index (χ1) is 6.06. The fourth-order valence-corrected chi connectivity index (χ4v) is 0.680. The second kappa shape index (κ2) is 9.79. The summed E-state index contributed by atoms with van der Waals surface area (Å²) >= 11 is 1.71. The average molecular weight is 200 g/mol. The van der Waals surface area contributed by atoms with E-state index in [1.54, 1.807) is 11.3 Å². The van der Waals surface area contributed by atoms with Gasteiger partial charge in [-0.1, -0.05) is 60.1 Å². The molecule has 0 nitrogen and oxygen atoms in total. The van der Waals surface area contributed by atoms with Gasteiger partial charge in [0.15, 0.2) is 0 Å². The van der Waals surface area contributed by atoms with Crippen LogP contribution in [0, 0.1) is 5.41 Å². The van der Waals surface area contributed by atoms with Crippen molar-refractivity contribution in [1.82, 2.24) is 0 Å². The molecule has 0 saturated heterocycles. The molecule has 0 bridgehead atoms. The van der Waals surface area contributed by atoms with E-state index in [2.05, 4.69) is 27.7 Å². The van der Waals surface area contributed by atoms with E-state index in [0.717, 1.165) is 0 Å². The second-order valence-electron chi connectivity index (χ2n) is 3.71. The van der Waals surface area contributed by atoms with Gasteiger partial charge in [-0.15, -0.1) is 0 Å². The van der Waals surface area contributed by atoms with Gasteiger partial charge in [0.25, 0.3) is 0 Å². The minimum absolute atomic E-state index is 0.542. The quantitative estimate of drug-likeness (QED) is 0.539. The van der Waals surface area contributed by atoms with Crippen LogP contribution in [0.3, 0.4) is 0 Å². The summed E-state index contributed by atoms with van der Waals surface area (Å²) in [5.41, 5.74) is 0.542. The fraction of sp³-hybridized carbons (Fsp3) is 0.667. The van der Waals surface area contributed by atoms with Crippen molar-refractivity contribution in [3.05, 3.63) is 22.9 Å². The maximum Gasteiger partial charge on any atom is -0.00934 e. The predicted molar refractivity (Wildman–Crippen MR) is 65.4 cm³/mol. The highest BCUT2D eigenvalue weighted by Gasteiger charge is 2.03. The Morgan fingerprint density at radius 1 is 1.00 bits per heavy atom. The van der Waals surface area contributed by atoms with Gasteiger partial charge in [-0.2, -0.15) is 11.3 Å². The Hall–Kier alpha value is -0.300. The van der Waals surface area contributed by atoms with E-state index in [4.69, 9.17) is 0 Å². The van der Waals surface area contributed by atoms with Gasteiger partial charge in [0.2, 0.25) is 0 Å². The lowest BCUT2D eigenvalue weighted by Crippen LogP contribution is -2.00. The Kier molecular flexibility index (Phi) is 11.4. The Labute approximate surface area is 88.0 Å². The summed E-state index contributed by atoms with van der Waals surface area (Å²) in [4.78, 5) is 0. The number of thiophene rings is 1. The third-order valence-electron chi connectivity index (χ3n) is 1.49. The maximum absolute atomic E-state index is 2.24. The standard InChI is InChI=1S/C6H14.C4H4S.C2H6/c1-5-6(2,3)4;1-2-4-5-3-1;1-2/h5H2,1-4H3;1-4H;1-2H3. The molecule has 13 heavy (non-hydrogen) atoms. The molecular weight excluding hydrogens is 176 g/mol. The SMILES string of the molecule is CC.CCC(C)(C)C.c1ccsc1. The molecule has 0 aliphatic heterocycles. The van der Waals surface area contributed by atoms with Crippen molar-refractivity contribution in [2.45, 2.75) is 48.0 Å². The Bertz CT molecular complexity index is 129. The van der Waals surface area contributed by atoms with Gasteiger partial charge in [0, 0.05) is 0 Å². The molecule has 0 aliphatic rings. The van der Waals surface area contributed by atoms with E-state index >= 15 is 0 Å². The van der Waals surface area contributed by atoms with Crippen LogP contribution in [0.4, 0.5) is 0 Å². The van der Waals surface area contributed by atoms with Crippen molar-refractivity contribution in [2.24, 2.45) is 5.41 Å². The summed E-state index contributed by atoms with van der Waals surface area (Å²) in [6.45, 7) is 12.9. The molecule has 1 heteroatoms. The van der Waals surface area contributed by atoms with Gasteiger partial charge in [0.1, 0.15) is 0 Å². The third-order valence-corrected chi connectivity index (χ3v) is 2.11. The van der Waals surface area contributed by atoms with Gasteiger partial charge < -0.3 is 0 Å². The molecule has 1 aromatic heterocycles. The normalized spacial score (nSPS) is 9.08. The highest BCUT2D eigenvalue weighted by Crippen LogP contribution is 2.16. The van der Waals surface area contributed by atoms with Crippen LogP contribution in [-0.2, 0) is 0 Å². The van der Waals surface area contributed by atoms with E-state index in [1.807, 2.05) is 36.7 Å². The van der Waals surface area contributed by atoms with Crippen LogP contribution in [-0.4, -0.2) is 0 Å². The van der Waals surface area contributed by atoms with Gasteiger partial charge in [-0.05, 0) is 16.2 Å². The molecule has 0 fully saturated rings. The molecular formula is C12H24S. The molecule has 0 aromatic carbocycles. The molecule has 0 atom stereocenters. The Morgan fingerprint density at radius 2 is 1.31 bits per heavy atom. The summed E-state index contributed by atoms with van der Waals surface area (Å²) in [7, 11) is 0. The van der Waals surface area contributed by atoms with Crippen molar-refractivity contribution >= 4 is 11.3 Å². The Balaban J connectivity index is 0. The van der Waals surface area contributed by atoms with Crippen LogP contribution < -0.4 is 0 Å². The first kappa shape index (κ1) is 15.2. The number of hydrogen-bond acceptors (Lipinski definition) is 1. The minimum atomic E-state index is 0.542. The molecule has 78 valence electrons. The number of rotatable bonds is 0. The maximum atomic E-state index is 2.24. The molecule has 1 rings (SSSR count). The summed E-state index contributed by atoms with van der Waals surface area (Å²) in [6.07, 6.45) is 1.27. The van der Waals surface area contributed by atoms with E-state index in [-0.39, 0.29) is 0 Å². The predicted octanol–water partition coefficient (Wildman–Crippen LogP) is 5.22. The van der Waals surface area contributed by atoms with Crippen molar-refractivity contribution in [2.75, 3.05) is 0 Å². The summed E-state index contributed by atoms with van der Waals surface area (Å²) in [5.74, 6) is 0. The molecule has 1 aromatic rings. The fourth-order valence-electron chi connectivity index (χ4n) is 0.227. The van der Waals surface area contributed by atoms with Crippen molar-refractivity contribution in [1.29, 1.82) is 0 Å². The highest BCUT2D eigenvalue weighted by molar-refractivity contribution is 7.07. The van der Waals surface area contributed by atoms with E-state index < -0.39 is 0 Å². The monoisotopic (exact) mass is 200 g/mol. The smallest absolute Gasteiger partial charge is 0.00934 e. The summed E-state index contributed by atoms with van der Waals surface area (Å²) in [5, 5.41) is 4.08. The van der Waals surface area contributed by atoms with E-state index in [0.29, 0.717) is 5.41 Å². The summed E-state index contributed by atoms with van der Waals surface area (Å²) in [6, 6.07) is 4.04. The topological polar surface area (TPSA) is 0 Å². The van der Waals surface area contributed by atoms with Gasteiger partial charge in [-0.3, -0.25) is 0 Å². The van der Waals surface area contributed by atoms with Gasteiger partial charge >= 0.3 is 0 Å². The molecule has 1 heterocycles. The van der Waals surface area contributed by atoms with Crippen molar-refractivity contribution < 1.29 is 0 Å². The zero-order valence-electron chi connectivity index (χ0n) is 9.92. The third kappa shape index (κ3) is 18.6. The molecule has 0 aliphatic carbocycles. The first-order valence-corrected chi connectivity index (χ1v) is 5.97. The zero-order valence-corrected chi connectivity index (χ0v) is 10.7. The zero-order chi connectivity index (χ0) is 10.7. The largest absolute Gasteiger partial charge is 0.152 e. The van der Waals surface area contributed by atoms with Crippen molar-refractivity contribution in [3.63, 3.8) is 0 Å². The first-order valence-electron chi connectivity index (χ1n) is 5.03. The minimum Gasteiger partial charge on any atom is -0.152 e. The van der Waals surface area contributed by atoms with Gasteiger partial charge in [-0.25, -0.2) is 0 Å². The highest BCUT2D eigenvalue weighted by atomic mass is 32.1. The number of hydrogen-bond donors (Lipinski definition) is 0. The molecule has 0 N–H and O–H groups in total.